The zero-order chi connectivity index (χ0) is 37.0. The summed E-state index contributed by atoms with van der Waals surface area (Å²) < 4.78 is 31.6. The van der Waals surface area contributed by atoms with Gasteiger partial charge in [0.25, 0.3) is 0 Å². The fourth-order valence-electron chi connectivity index (χ4n) is 8.25. The lowest BCUT2D eigenvalue weighted by Gasteiger charge is -2.62. The Labute approximate surface area is 284 Å². The van der Waals surface area contributed by atoms with E-state index in [0.717, 1.165) is 0 Å². The minimum Gasteiger partial charge on any atom is -0.480 e. The molecule has 0 aromatic carbocycles. The van der Waals surface area contributed by atoms with Crippen molar-refractivity contribution in [1.29, 1.82) is 0 Å². The molecule has 0 spiro atoms. The van der Waals surface area contributed by atoms with Crippen molar-refractivity contribution in [1.82, 2.24) is 16.1 Å². The van der Waals surface area contributed by atoms with Crippen LogP contribution < -0.4 is 5.32 Å². The monoisotopic (exact) mass is 719 g/mol. The zero-order valence-corrected chi connectivity index (χ0v) is 27.3. The molecule has 0 radical (unpaired) electrons. The minimum atomic E-state index is -2.05. The van der Waals surface area contributed by atoms with Gasteiger partial charge in [0.05, 0.1) is 23.5 Å². The van der Waals surface area contributed by atoms with Crippen molar-refractivity contribution in [3.63, 3.8) is 0 Å². The van der Waals surface area contributed by atoms with Crippen LogP contribution in [0.25, 0.3) is 0 Å². The van der Waals surface area contributed by atoms with Crippen LogP contribution >= 0.6 is 0 Å². The Morgan fingerprint density at radius 2 is 1.74 bits per heavy atom. The number of fused-ring (bicyclic) bond motifs is 5. The van der Waals surface area contributed by atoms with Crippen molar-refractivity contribution in [2.24, 2.45) is 28.6 Å². The van der Waals surface area contributed by atoms with E-state index in [1.54, 1.807) is 13.0 Å². The Kier molecular flexibility index (Phi) is 12.3. The molecular formula is C30H42FN3O16. The van der Waals surface area contributed by atoms with Crippen LogP contribution in [-0.2, 0) is 38.3 Å². The molecule has 20 heteroatoms. The number of alkyl carbamates (subject to hydrolysis) is 1. The number of alkyl halides is 1. The van der Waals surface area contributed by atoms with Crippen molar-refractivity contribution in [3.05, 3.63) is 23.8 Å². The molecule has 1 amide bonds. The van der Waals surface area contributed by atoms with Gasteiger partial charge < -0.3 is 29.7 Å². The summed E-state index contributed by atoms with van der Waals surface area (Å²) in [5.74, 6) is -3.87. The van der Waals surface area contributed by atoms with Crippen molar-refractivity contribution in [3.8, 4) is 0 Å². The molecule has 0 saturated heterocycles. The summed E-state index contributed by atoms with van der Waals surface area (Å²) in [5, 5.41) is 56.0. The number of carboxylic acids is 1. The van der Waals surface area contributed by atoms with Crippen LogP contribution in [0.4, 0.5) is 14.0 Å². The fourth-order valence-corrected chi connectivity index (χ4v) is 8.25. The van der Waals surface area contributed by atoms with Gasteiger partial charge in [0.15, 0.2) is 29.9 Å². The quantitative estimate of drug-likeness (QED) is 0.0936. The number of ketones is 2. The van der Waals surface area contributed by atoms with E-state index in [0.29, 0.717) is 31.3 Å². The number of ether oxygens (including phenoxy) is 3. The van der Waals surface area contributed by atoms with E-state index in [4.69, 9.17) is 30.3 Å². The van der Waals surface area contributed by atoms with E-state index >= 15 is 4.39 Å². The van der Waals surface area contributed by atoms with Gasteiger partial charge in [0, 0.05) is 23.7 Å². The number of hydrogen-bond acceptors (Lipinski definition) is 17. The standard InChI is InChI=1S/C30H42FN3O16/c1-28-12-24(37)30(31)20(4-3-16-11-17(35)7-9-29(16,30)2)19(28)5-6-21(28)23(36)15-47-26(40)32-22(25(38)39)14-48-27(41)46-10-8-18(50-34(44)45)13-49-33(42)43/h7,9,11,18-22,24,37,42-45H,3-6,8,10,12-15H2,1-2H3,(H,32,40)(H,38,39)/t18?,19?,20-,21?,22?,24-,28-,29-,30?/m0/s1. The van der Waals surface area contributed by atoms with E-state index in [2.05, 4.69) is 14.4 Å². The normalized spacial score (nSPS) is 32.7. The topological polar surface area (TPSA) is 271 Å². The predicted octanol–water partition coefficient (Wildman–Crippen LogP) is 1.66. The van der Waals surface area contributed by atoms with Gasteiger partial charge in [0.2, 0.25) is 0 Å². The Morgan fingerprint density at radius 1 is 1.02 bits per heavy atom. The highest BCUT2D eigenvalue weighted by Crippen LogP contribution is 2.68. The number of rotatable bonds is 15. The second kappa shape index (κ2) is 15.7. The summed E-state index contributed by atoms with van der Waals surface area (Å²) in [4.78, 5) is 70.1. The van der Waals surface area contributed by atoms with Crippen molar-refractivity contribution in [2.45, 2.75) is 76.3 Å². The van der Waals surface area contributed by atoms with E-state index in [1.165, 1.54) is 12.2 Å². The van der Waals surface area contributed by atoms with Crippen LogP contribution in [0.2, 0.25) is 0 Å². The predicted molar refractivity (Wildman–Crippen MR) is 156 cm³/mol. The molecule has 7 N–H and O–H groups in total. The lowest BCUT2D eigenvalue weighted by Crippen LogP contribution is -2.66. The maximum absolute atomic E-state index is 17.2. The van der Waals surface area contributed by atoms with Gasteiger partial charge in [-0.1, -0.05) is 18.6 Å². The Hall–Kier alpha value is -3.60. The molecule has 3 fully saturated rings. The molecule has 9 atom stereocenters. The van der Waals surface area contributed by atoms with Gasteiger partial charge >= 0.3 is 18.2 Å². The first-order chi connectivity index (χ1) is 23.4. The van der Waals surface area contributed by atoms with E-state index in [1.807, 2.05) is 12.2 Å². The number of allylic oxidation sites excluding steroid dienone is 4. The number of nitrogens with zero attached hydrogens (tertiary/aromatic N) is 2. The highest BCUT2D eigenvalue weighted by molar-refractivity contribution is 6.01. The largest absolute Gasteiger partial charge is 0.508 e. The first kappa shape index (κ1) is 39.2. The average molecular weight is 720 g/mol. The molecule has 4 rings (SSSR count). The van der Waals surface area contributed by atoms with Gasteiger partial charge in [-0.3, -0.25) is 30.4 Å². The van der Waals surface area contributed by atoms with E-state index < -0.39 is 108 Å². The molecular weight excluding hydrogens is 677 g/mol. The highest BCUT2D eigenvalue weighted by Gasteiger charge is 2.70. The van der Waals surface area contributed by atoms with Crippen LogP contribution in [0.3, 0.4) is 0 Å². The summed E-state index contributed by atoms with van der Waals surface area (Å²) in [6.07, 6.45) is 0.335. The summed E-state index contributed by atoms with van der Waals surface area (Å²) in [7, 11) is 0. The first-order valence-corrected chi connectivity index (χ1v) is 15.9. The van der Waals surface area contributed by atoms with Crippen molar-refractivity contribution >= 4 is 29.8 Å². The molecule has 5 unspecified atom stereocenters. The Morgan fingerprint density at radius 3 is 2.40 bits per heavy atom. The maximum atomic E-state index is 17.2. The number of aliphatic hydroxyl groups is 1. The van der Waals surface area contributed by atoms with Gasteiger partial charge in [-0.25, -0.2) is 28.4 Å². The third-order valence-corrected chi connectivity index (χ3v) is 10.6. The molecule has 3 saturated carbocycles. The molecule has 0 aromatic rings. The van der Waals surface area contributed by atoms with E-state index in [9.17, 15) is 34.2 Å². The number of hydrogen-bond donors (Lipinski definition) is 7. The second-order valence-corrected chi connectivity index (χ2v) is 13.3. The zero-order valence-electron chi connectivity index (χ0n) is 27.3. The van der Waals surface area contributed by atoms with Crippen molar-refractivity contribution in [2.75, 3.05) is 26.4 Å². The maximum Gasteiger partial charge on any atom is 0.508 e. The summed E-state index contributed by atoms with van der Waals surface area (Å²) >= 11 is 0. The first-order valence-electron chi connectivity index (χ1n) is 15.9. The highest BCUT2D eigenvalue weighted by atomic mass is 19.1. The smallest absolute Gasteiger partial charge is 0.480 e. The number of carbonyl (C=O) groups excluding carboxylic acids is 4. The Balaban J connectivity index is 1.27. The Bertz CT molecular complexity index is 1380. The minimum absolute atomic E-state index is 0.0286. The molecule has 0 aliphatic heterocycles. The molecule has 4 aliphatic rings. The number of Topliss-reactive ketones (excluding diaryl/α,β-unsaturated/α-hetero) is 1. The second-order valence-electron chi connectivity index (χ2n) is 13.3. The third kappa shape index (κ3) is 8.13. The summed E-state index contributed by atoms with van der Waals surface area (Å²) in [6, 6.07) is -1.82. The van der Waals surface area contributed by atoms with Crippen LogP contribution in [0.1, 0.15) is 52.4 Å². The number of amides is 1. The third-order valence-electron chi connectivity index (χ3n) is 10.6. The number of carbonyl (C=O) groups is 5. The number of halogens is 1. The number of nitrogens with one attached hydrogen (secondary N) is 1. The van der Waals surface area contributed by atoms with Crippen LogP contribution in [0, 0.1) is 28.6 Å². The summed E-state index contributed by atoms with van der Waals surface area (Å²) in [6.45, 7) is 0.724. The van der Waals surface area contributed by atoms with Gasteiger partial charge in [0.1, 0.15) is 19.3 Å². The number of aliphatic hydroxyl groups excluding tert-OH is 1. The fraction of sp³-hybridized carbons (Fsp3) is 0.700. The average Bonchev–Trinajstić information content (AvgIpc) is 3.37. The molecule has 0 aromatic heterocycles. The van der Waals surface area contributed by atoms with Gasteiger partial charge in [-0.2, -0.15) is 0 Å². The molecule has 0 heterocycles. The number of carboxylic acid groups (broad SMARTS) is 1. The molecule has 0 bridgehead atoms. The summed E-state index contributed by atoms with van der Waals surface area (Å²) in [5.41, 5.74) is -3.39. The SMILES string of the molecule is C[C@]12C[C@H](O)C3(F)[C@@H](CCC4=CC(=O)C=C[C@@]43C)C1CCC2C(=O)COC(=O)NC(COC(=O)OCCC(CON(O)O)ON(O)O)C(=O)O. The number of aliphatic carboxylic acids is 1. The molecule has 19 nitrogen and oxygen atoms in total. The van der Waals surface area contributed by atoms with E-state index in [-0.39, 0.29) is 24.5 Å². The molecule has 50 heavy (non-hydrogen) atoms. The van der Waals surface area contributed by atoms with Crippen LogP contribution in [-0.4, -0.2) is 122 Å². The van der Waals surface area contributed by atoms with Gasteiger partial charge in [-0.15, -0.1) is 0 Å². The molecule has 4 aliphatic carbocycles. The lowest BCUT2D eigenvalue weighted by molar-refractivity contribution is -0.527. The van der Waals surface area contributed by atoms with Gasteiger partial charge in [-0.05, 0) is 62.5 Å². The molecule has 280 valence electrons. The lowest BCUT2D eigenvalue weighted by atomic mass is 9.45. The van der Waals surface area contributed by atoms with Crippen LogP contribution in [0.5, 0.6) is 0 Å². The van der Waals surface area contributed by atoms with Crippen molar-refractivity contribution < 1.29 is 83.3 Å². The van der Waals surface area contributed by atoms with Crippen LogP contribution in [0.15, 0.2) is 23.8 Å².